The van der Waals surface area contributed by atoms with Crippen LogP contribution in [-0.4, -0.2) is 53.0 Å². The second-order valence-electron chi connectivity index (χ2n) is 32.5. The van der Waals surface area contributed by atoms with Crippen LogP contribution in [-0.2, 0) is 38.2 Å². The Morgan fingerprint density at radius 1 is 0.294 bits per heavy atom. The van der Waals surface area contributed by atoms with Crippen LogP contribution in [0, 0.1) is 11.8 Å². The van der Waals surface area contributed by atoms with Crippen LogP contribution in [0.1, 0.15) is 332 Å². The van der Waals surface area contributed by atoms with Gasteiger partial charge >= 0.3 is 7.12 Å². The topological polar surface area (TPSA) is 59.1 Å². The van der Waals surface area contributed by atoms with Crippen LogP contribution in [0.25, 0.3) is 60.2 Å². The molecule has 1 saturated heterocycles. The zero-order valence-electron chi connectivity index (χ0n) is 68.8. The molecule has 8 aromatic rings. The van der Waals surface area contributed by atoms with Gasteiger partial charge < -0.3 is 19.1 Å². The number of aryl methyl sites for hydroxylation is 3. The molecule has 3 aliphatic rings. The largest absolute Gasteiger partial charge is 0.505 e. The van der Waals surface area contributed by atoms with E-state index in [9.17, 15) is 0 Å². The number of hydrogen-bond donors (Lipinski definition) is 0. The van der Waals surface area contributed by atoms with Crippen molar-refractivity contribution < 1.29 is 18.9 Å². The van der Waals surface area contributed by atoms with E-state index in [4.69, 9.17) is 9.31 Å². The molecule has 0 aliphatic carbocycles. The predicted octanol–water partition coefficient (Wildman–Crippen LogP) is 31.3. The number of thiophene rings is 8. The first-order valence-corrected chi connectivity index (χ1v) is 49.9. The molecule has 594 valence electrons. The summed E-state index contributed by atoms with van der Waals surface area (Å²) in [5.41, 5.74) is 2.50. The van der Waals surface area contributed by atoms with Crippen molar-refractivity contribution in [3.63, 3.8) is 0 Å². The molecule has 0 radical (unpaired) electrons. The average molecular weight is 1620 g/mol. The molecular formula is C94H133BN2O4S8. The molecular weight excluding hydrogens is 1490 g/mol. The summed E-state index contributed by atoms with van der Waals surface area (Å²) in [5, 5.41) is 0. The fourth-order valence-corrected chi connectivity index (χ4v) is 24.4. The molecule has 3 aliphatic heterocycles. The third-order valence-electron chi connectivity index (χ3n) is 23.0. The average Bonchev–Trinajstić information content (AvgIpc) is 1.55. The van der Waals surface area contributed by atoms with E-state index in [0.29, 0.717) is 36.1 Å². The number of carbonyl (C=O) groups excluding carboxylic acids is 2. The van der Waals surface area contributed by atoms with Gasteiger partial charge in [0.1, 0.15) is 0 Å². The molecule has 0 spiro atoms. The Hall–Kier alpha value is -4.00. The fourth-order valence-electron chi connectivity index (χ4n) is 15.7. The maximum absolute atomic E-state index is 16.2. The first-order valence-electron chi connectivity index (χ1n) is 43.4. The van der Waals surface area contributed by atoms with E-state index < -0.39 is 0 Å². The smallest absolute Gasteiger partial charge is 0.399 e. The molecule has 2 atom stereocenters. The highest BCUT2D eigenvalue weighted by Crippen LogP contribution is 2.53. The molecule has 0 bridgehead atoms. The highest BCUT2D eigenvalue weighted by atomic mass is 32.1. The molecule has 0 aromatic carbocycles. The molecule has 0 saturated carbocycles. The molecule has 109 heavy (non-hydrogen) atoms. The van der Waals surface area contributed by atoms with Gasteiger partial charge in [0, 0.05) is 81.3 Å². The third kappa shape index (κ3) is 24.8. The van der Waals surface area contributed by atoms with Crippen molar-refractivity contribution in [2.24, 2.45) is 11.8 Å². The number of hydrogen-bond acceptors (Lipinski definition) is 12. The number of fused-ring (bicyclic) bond motifs is 1. The van der Waals surface area contributed by atoms with Crippen LogP contribution in [0.2, 0.25) is 0 Å². The van der Waals surface area contributed by atoms with Crippen molar-refractivity contribution in [1.82, 2.24) is 9.80 Å². The summed E-state index contributed by atoms with van der Waals surface area (Å²) in [6.07, 6.45) is 48.5. The zero-order valence-corrected chi connectivity index (χ0v) is 75.3. The summed E-state index contributed by atoms with van der Waals surface area (Å²) in [7, 11) is -0.253. The minimum absolute atomic E-state index is 0.0379. The monoisotopic (exact) mass is 1620 g/mol. The van der Waals surface area contributed by atoms with E-state index in [0.717, 1.165) is 64.4 Å². The predicted molar refractivity (Wildman–Crippen MR) is 487 cm³/mol. The third-order valence-corrected chi connectivity index (χ3v) is 32.8. The SMILES string of the molecule is CCCCCCCCC(CCCCCC)CN1C(=O)C2=C(c3ccc(-c4ccc(-c5ccc(CCCCCC)s5)s4)s3)N(CC(CCCCCC)CCCCCCCC)C(=O)C2=C1c1ccc(-c2ccc(-c3ccc(CCCCCC)s3)s2)s1.CCCCCCc1ccc(-c2ccc(B3OC(C)(C)C(C)(C)O3)s2)s1. The molecule has 11 heterocycles. The number of amides is 2. The van der Waals surface area contributed by atoms with E-state index in [1.807, 2.05) is 56.7 Å². The highest BCUT2D eigenvalue weighted by molar-refractivity contribution is 7.29. The lowest BCUT2D eigenvalue weighted by atomic mass is 9.88. The lowest BCUT2D eigenvalue weighted by molar-refractivity contribution is -0.124. The van der Waals surface area contributed by atoms with Crippen molar-refractivity contribution in [1.29, 1.82) is 0 Å². The van der Waals surface area contributed by atoms with E-state index in [-0.39, 0.29) is 30.1 Å². The maximum atomic E-state index is 16.2. The first-order chi connectivity index (χ1) is 53.1. The summed E-state index contributed by atoms with van der Waals surface area (Å²) >= 11 is 14.9. The van der Waals surface area contributed by atoms with E-state index >= 15 is 9.59 Å². The maximum Gasteiger partial charge on any atom is 0.505 e. The van der Waals surface area contributed by atoms with Gasteiger partial charge in [-0.3, -0.25) is 9.59 Å². The molecule has 15 heteroatoms. The summed E-state index contributed by atoms with van der Waals surface area (Å²) in [6.45, 7) is 25.8. The van der Waals surface area contributed by atoms with E-state index in [1.165, 1.54) is 275 Å². The molecule has 8 aromatic heterocycles. The summed E-state index contributed by atoms with van der Waals surface area (Å²) in [6, 6.07) is 36.5. The normalized spacial score (nSPS) is 15.4. The Morgan fingerprint density at radius 3 is 0.853 bits per heavy atom. The lowest BCUT2D eigenvalue weighted by Gasteiger charge is -2.32. The van der Waals surface area contributed by atoms with E-state index in [1.54, 1.807) is 34.0 Å². The molecule has 6 nitrogen and oxygen atoms in total. The second kappa shape index (κ2) is 45.3. The van der Waals surface area contributed by atoms with E-state index in [2.05, 4.69) is 183 Å². The number of rotatable bonds is 51. The Morgan fingerprint density at radius 2 is 0.532 bits per heavy atom. The lowest BCUT2D eigenvalue weighted by Crippen LogP contribution is -2.41. The van der Waals surface area contributed by atoms with Crippen molar-refractivity contribution >= 4 is 126 Å². The van der Waals surface area contributed by atoms with Crippen LogP contribution >= 0.6 is 90.7 Å². The van der Waals surface area contributed by atoms with Crippen LogP contribution in [0.3, 0.4) is 0 Å². The molecule has 2 amide bonds. The summed E-state index contributed by atoms with van der Waals surface area (Å²) in [5.74, 6) is 0.816. The fraction of sp³-hybridized carbons (Fsp3) is 0.596. The van der Waals surface area contributed by atoms with Gasteiger partial charge in [0.2, 0.25) is 0 Å². The van der Waals surface area contributed by atoms with Crippen molar-refractivity contribution in [3.05, 3.63) is 133 Å². The van der Waals surface area contributed by atoms with Gasteiger partial charge in [-0.25, -0.2) is 0 Å². The first kappa shape index (κ1) is 87.4. The molecule has 0 N–H and O–H groups in total. The van der Waals surface area contributed by atoms with Crippen molar-refractivity contribution in [2.75, 3.05) is 13.1 Å². The van der Waals surface area contributed by atoms with Gasteiger partial charge in [-0.15, -0.1) is 90.7 Å². The van der Waals surface area contributed by atoms with Gasteiger partial charge in [-0.1, -0.05) is 241 Å². The van der Waals surface area contributed by atoms with Crippen LogP contribution in [0.15, 0.2) is 108 Å². The van der Waals surface area contributed by atoms with Crippen LogP contribution in [0.4, 0.5) is 0 Å². The number of nitrogens with zero attached hydrogens (tertiary/aromatic N) is 2. The van der Waals surface area contributed by atoms with Gasteiger partial charge in [-0.2, -0.15) is 0 Å². The van der Waals surface area contributed by atoms with Crippen LogP contribution in [0.5, 0.6) is 0 Å². The Kier molecular flexibility index (Phi) is 36.4. The minimum atomic E-state index is -0.281. The quantitative estimate of drug-likeness (QED) is 0.0282. The minimum Gasteiger partial charge on any atom is -0.399 e. The summed E-state index contributed by atoms with van der Waals surface area (Å²) in [4.78, 5) is 56.1. The Balaban J connectivity index is 0.000000425. The standard InChI is InChI=1S/C74H104N2O2S6.C20H29BO2S2/c1-7-13-19-25-27-31-37-55(35-29-21-15-9-3)53-75-71(67-51-49-65(83-67)63-47-45-61(81-63)59-43-41-57(79-59)39-33-23-17-11-5)69-70(73(75)77)72(76(74(69)78)54-56(36-30-22-16-10-4)38-32-28-26-20-14-8-2)68-52-50-66(84-68)64-48-46-62(82-64)60-44-42-58(80-60)40-34-24-18-12-6;1-6-7-8-9-10-15-11-12-16(24-15)17-13-14-18(25-17)21-22-19(2,3)20(4,5)23-21/h41-52,55-56H,7-40,53-54H2,1-6H3;11-14H,6-10H2,1-5H3. The van der Waals surface area contributed by atoms with Gasteiger partial charge in [0.15, 0.2) is 0 Å². The second-order valence-corrected chi connectivity index (χ2v) is 41.5. The highest BCUT2D eigenvalue weighted by Gasteiger charge is 2.53. The van der Waals surface area contributed by atoms with Crippen LogP contribution < -0.4 is 4.78 Å². The van der Waals surface area contributed by atoms with Gasteiger partial charge in [0.05, 0.1) is 43.5 Å². The Bertz CT molecular complexity index is 3850. The number of unbranched alkanes of at least 4 members (excludes halogenated alkanes) is 25. The molecule has 2 unspecified atom stereocenters. The zero-order chi connectivity index (χ0) is 77.0. The van der Waals surface area contributed by atoms with Crippen molar-refractivity contribution in [3.8, 4) is 48.8 Å². The Labute approximate surface area is 692 Å². The molecule has 1 fully saturated rings. The summed E-state index contributed by atoms with van der Waals surface area (Å²) < 4.78 is 13.5. The number of carbonyl (C=O) groups is 2. The van der Waals surface area contributed by atoms with Gasteiger partial charge in [0.25, 0.3) is 11.8 Å². The van der Waals surface area contributed by atoms with Gasteiger partial charge in [-0.05, 0) is 195 Å². The molecule has 11 rings (SSSR count). The van der Waals surface area contributed by atoms with Crippen molar-refractivity contribution in [2.45, 2.75) is 338 Å².